The van der Waals surface area contributed by atoms with Gasteiger partial charge in [-0.15, -0.1) is 0 Å². The van der Waals surface area contributed by atoms with Gasteiger partial charge in [-0.05, 0) is 36.5 Å². The minimum Gasteiger partial charge on any atom is -0.479 e. The molecule has 150 valence electrons. The fourth-order valence-corrected chi connectivity index (χ4v) is 3.58. The van der Waals surface area contributed by atoms with E-state index < -0.39 is 42.4 Å². The number of aliphatic carboxylic acids is 1. The smallest absolute Gasteiger partial charge is 0.416 e. The van der Waals surface area contributed by atoms with Crippen LogP contribution in [-0.2, 0) is 15.8 Å². The van der Waals surface area contributed by atoms with Gasteiger partial charge >= 0.3 is 12.1 Å². The highest BCUT2D eigenvalue weighted by Crippen LogP contribution is 2.48. The first-order valence-electron chi connectivity index (χ1n) is 8.61. The average molecular weight is 397 g/mol. The zero-order chi connectivity index (χ0) is 20.5. The number of halogens is 3. The zero-order valence-corrected chi connectivity index (χ0v) is 14.6. The second kappa shape index (κ2) is 7.81. The van der Waals surface area contributed by atoms with Crippen LogP contribution in [0.15, 0.2) is 29.4 Å². The second-order valence-electron chi connectivity index (χ2n) is 6.87. The molecule has 0 aromatic heterocycles. The molecule has 0 radical (unpaired) electrons. The molecule has 28 heavy (non-hydrogen) atoms. The Bertz CT molecular complexity index is 842. The molecule has 0 bridgehead atoms. The number of nitrogens with zero attached hydrogens (tertiary/aromatic N) is 1. The van der Waals surface area contributed by atoms with Crippen molar-refractivity contribution in [2.45, 2.75) is 31.2 Å². The van der Waals surface area contributed by atoms with E-state index >= 15 is 0 Å². The number of hydrogen-bond donors (Lipinski definition) is 3. The number of fused-ring (bicyclic) bond motifs is 1. The predicted octanol–water partition coefficient (Wildman–Crippen LogP) is 2.22. The standard InChI is InChI=1S/C19H18F3NO5/c20-19(21,22)12-3-1-2-10(6-12)16(24)5-4-11-7-13-14(18(11)27)8-15(13)23-28-9-17(25)26/h1-3,6,11,13-14,16,18,24,27H,7-9H2,(H,25,26)/b23-15-. The van der Waals surface area contributed by atoms with Crippen LogP contribution in [0.3, 0.4) is 0 Å². The van der Waals surface area contributed by atoms with Crippen LogP contribution in [0.1, 0.15) is 30.1 Å². The van der Waals surface area contributed by atoms with Crippen molar-refractivity contribution >= 4 is 11.7 Å². The van der Waals surface area contributed by atoms with Crippen LogP contribution in [0, 0.1) is 29.6 Å². The molecule has 5 atom stereocenters. The Kier molecular flexibility index (Phi) is 5.63. The summed E-state index contributed by atoms with van der Waals surface area (Å²) in [5.74, 6) is 3.54. The molecule has 6 nitrogen and oxygen atoms in total. The summed E-state index contributed by atoms with van der Waals surface area (Å²) in [6, 6.07) is 4.31. The maximum Gasteiger partial charge on any atom is 0.416 e. The van der Waals surface area contributed by atoms with Gasteiger partial charge in [0.1, 0.15) is 6.10 Å². The van der Waals surface area contributed by atoms with Crippen LogP contribution >= 0.6 is 0 Å². The number of alkyl halides is 3. The minimum atomic E-state index is -4.51. The molecule has 0 saturated heterocycles. The van der Waals surface area contributed by atoms with Crippen molar-refractivity contribution < 1.29 is 38.1 Å². The summed E-state index contributed by atoms with van der Waals surface area (Å²) in [5, 5.41) is 32.7. The van der Waals surface area contributed by atoms with Crippen molar-refractivity contribution in [3.8, 4) is 11.8 Å². The summed E-state index contributed by atoms with van der Waals surface area (Å²) in [7, 11) is 0. The van der Waals surface area contributed by atoms with E-state index in [4.69, 9.17) is 9.94 Å². The first-order valence-corrected chi connectivity index (χ1v) is 8.61. The summed E-state index contributed by atoms with van der Waals surface area (Å²) in [4.78, 5) is 15.1. The number of aliphatic hydroxyl groups excluding tert-OH is 2. The zero-order valence-electron chi connectivity index (χ0n) is 14.6. The van der Waals surface area contributed by atoms with E-state index in [2.05, 4.69) is 17.0 Å². The monoisotopic (exact) mass is 397 g/mol. The Labute approximate surface area is 158 Å². The number of carboxylic acid groups (broad SMARTS) is 1. The topological polar surface area (TPSA) is 99.4 Å². The molecule has 3 N–H and O–H groups in total. The Morgan fingerprint density at radius 3 is 2.82 bits per heavy atom. The van der Waals surface area contributed by atoms with Gasteiger partial charge in [-0.2, -0.15) is 13.2 Å². The Morgan fingerprint density at radius 1 is 1.39 bits per heavy atom. The van der Waals surface area contributed by atoms with E-state index in [1.807, 2.05) is 0 Å². The normalized spacial score (nSPS) is 28.7. The van der Waals surface area contributed by atoms with Crippen LogP contribution in [0.4, 0.5) is 13.2 Å². The van der Waals surface area contributed by atoms with Crippen molar-refractivity contribution in [3.63, 3.8) is 0 Å². The molecule has 9 heteroatoms. The summed E-state index contributed by atoms with van der Waals surface area (Å²) >= 11 is 0. The third-order valence-electron chi connectivity index (χ3n) is 5.05. The first-order chi connectivity index (χ1) is 13.2. The summed E-state index contributed by atoms with van der Waals surface area (Å²) in [6.07, 6.45) is -5.73. The van der Waals surface area contributed by atoms with Gasteiger partial charge in [0.15, 0.2) is 0 Å². The van der Waals surface area contributed by atoms with Gasteiger partial charge in [-0.3, -0.25) is 0 Å². The number of carbonyl (C=O) groups is 1. The molecule has 2 fully saturated rings. The van der Waals surface area contributed by atoms with Crippen LogP contribution in [-0.4, -0.2) is 39.7 Å². The first kappa shape index (κ1) is 20.2. The fourth-order valence-electron chi connectivity index (χ4n) is 3.58. The van der Waals surface area contributed by atoms with Crippen molar-refractivity contribution in [2.24, 2.45) is 22.9 Å². The summed E-state index contributed by atoms with van der Waals surface area (Å²) < 4.78 is 38.3. The highest BCUT2D eigenvalue weighted by Gasteiger charge is 2.51. The van der Waals surface area contributed by atoms with Gasteiger partial charge in [-0.25, -0.2) is 4.79 Å². The average Bonchev–Trinajstić information content (AvgIpc) is 2.86. The predicted molar refractivity (Wildman–Crippen MR) is 90.9 cm³/mol. The lowest BCUT2D eigenvalue weighted by Gasteiger charge is -2.33. The highest BCUT2D eigenvalue weighted by atomic mass is 19.4. The van der Waals surface area contributed by atoms with E-state index in [1.165, 1.54) is 12.1 Å². The SMILES string of the molecule is O=C(O)CO/N=C1/CC2C1CC(C#CC(O)c1cccc(C(F)(F)F)c1)C2O. The van der Waals surface area contributed by atoms with Crippen LogP contribution in [0.25, 0.3) is 0 Å². The third kappa shape index (κ3) is 4.29. The van der Waals surface area contributed by atoms with Crippen LogP contribution in [0.5, 0.6) is 0 Å². The largest absolute Gasteiger partial charge is 0.479 e. The number of carboxylic acids is 1. The van der Waals surface area contributed by atoms with E-state index in [-0.39, 0.29) is 17.4 Å². The van der Waals surface area contributed by atoms with E-state index in [9.17, 15) is 28.2 Å². The van der Waals surface area contributed by atoms with Crippen molar-refractivity contribution in [2.75, 3.05) is 6.61 Å². The third-order valence-corrected chi connectivity index (χ3v) is 5.05. The molecule has 0 amide bonds. The summed E-state index contributed by atoms with van der Waals surface area (Å²) in [5.41, 5.74) is -0.179. The van der Waals surface area contributed by atoms with Gasteiger partial charge in [0.05, 0.1) is 17.4 Å². The molecular formula is C19H18F3NO5. The maximum atomic E-state index is 12.8. The molecule has 2 saturated carbocycles. The van der Waals surface area contributed by atoms with Gasteiger partial charge in [0.25, 0.3) is 0 Å². The van der Waals surface area contributed by atoms with Crippen molar-refractivity contribution in [1.29, 1.82) is 0 Å². The molecule has 5 unspecified atom stereocenters. The molecule has 0 aliphatic heterocycles. The molecule has 2 aliphatic carbocycles. The van der Waals surface area contributed by atoms with Crippen molar-refractivity contribution in [1.82, 2.24) is 0 Å². The van der Waals surface area contributed by atoms with E-state index in [0.29, 0.717) is 18.6 Å². The van der Waals surface area contributed by atoms with E-state index in [0.717, 1.165) is 12.1 Å². The van der Waals surface area contributed by atoms with Crippen LogP contribution in [0.2, 0.25) is 0 Å². The van der Waals surface area contributed by atoms with Gasteiger partial charge < -0.3 is 20.2 Å². The quantitative estimate of drug-likeness (QED) is 0.535. The fraction of sp³-hybridized carbons (Fsp3) is 0.474. The number of aliphatic hydroxyl groups is 2. The van der Waals surface area contributed by atoms with Gasteiger partial charge in [0.2, 0.25) is 6.61 Å². The number of oxime groups is 1. The minimum absolute atomic E-state index is 0.0297. The molecule has 3 rings (SSSR count). The Hall–Kier alpha value is -2.57. The van der Waals surface area contributed by atoms with E-state index in [1.54, 1.807) is 0 Å². The molecule has 0 heterocycles. The molecule has 2 aliphatic rings. The highest BCUT2D eigenvalue weighted by molar-refractivity contribution is 5.93. The lowest BCUT2D eigenvalue weighted by Crippen LogP contribution is -2.38. The van der Waals surface area contributed by atoms with Gasteiger partial charge in [0, 0.05) is 11.8 Å². The number of hydrogen-bond acceptors (Lipinski definition) is 5. The Balaban J connectivity index is 1.64. The Morgan fingerprint density at radius 2 is 2.14 bits per heavy atom. The van der Waals surface area contributed by atoms with Crippen LogP contribution < -0.4 is 0 Å². The molecule has 0 spiro atoms. The van der Waals surface area contributed by atoms with Gasteiger partial charge in [-0.1, -0.05) is 29.1 Å². The van der Waals surface area contributed by atoms with Crippen molar-refractivity contribution in [3.05, 3.63) is 35.4 Å². The lowest BCUT2D eigenvalue weighted by atomic mass is 9.73. The molecule has 1 aromatic rings. The maximum absolute atomic E-state index is 12.8. The number of benzene rings is 1. The lowest BCUT2D eigenvalue weighted by molar-refractivity contribution is -0.142. The summed E-state index contributed by atoms with van der Waals surface area (Å²) in [6.45, 7) is -0.546. The second-order valence-corrected chi connectivity index (χ2v) is 6.87. The number of rotatable bonds is 4. The molecule has 1 aromatic carbocycles. The molecular weight excluding hydrogens is 379 g/mol.